The fourth-order valence-corrected chi connectivity index (χ4v) is 3.05. The van der Waals surface area contributed by atoms with Gasteiger partial charge in [0.05, 0.1) is 52.9 Å². The van der Waals surface area contributed by atoms with E-state index in [0.717, 1.165) is 25.9 Å². The molecule has 0 aliphatic carbocycles. The van der Waals surface area contributed by atoms with E-state index in [-0.39, 0.29) is 0 Å². The molecule has 0 aromatic carbocycles. The number of carbonyl (C=O) groups is 1. The molecule has 185 valence electrons. The molecule has 0 aromatic rings. The zero-order valence-electron chi connectivity index (χ0n) is 19.7. The summed E-state index contributed by atoms with van der Waals surface area (Å²) in [4.78, 5) is 10.4. The Labute approximate surface area is 190 Å². The Morgan fingerprint density at radius 3 is 1.19 bits per heavy atom. The molecule has 0 heterocycles. The highest BCUT2D eigenvalue weighted by Gasteiger charge is 1.97. The molecule has 0 atom stereocenters. The average Bonchev–Trinajstić information content (AvgIpc) is 2.76. The number of carboxylic acid groups (broad SMARTS) is 1. The molecule has 0 aromatic heterocycles. The van der Waals surface area contributed by atoms with Crippen molar-refractivity contribution >= 4 is 5.97 Å². The van der Waals surface area contributed by atoms with Crippen molar-refractivity contribution < 1.29 is 33.6 Å². The normalized spacial score (nSPS) is 11.3. The third-order valence-corrected chi connectivity index (χ3v) is 4.81. The van der Waals surface area contributed by atoms with Gasteiger partial charge in [0.2, 0.25) is 0 Å². The van der Waals surface area contributed by atoms with Gasteiger partial charge in [0, 0.05) is 19.6 Å². The molecule has 0 saturated carbocycles. The fraction of sp³-hybridized carbons (Fsp3) is 0.917. The van der Waals surface area contributed by atoms with Crippen LogP contribution in [0.4, 0.5) is 0 Å². The largest absolute Gasteiger partial charge is 0.481 e. The first-order valence-electron chi connectivity index (χ1n) is 12.2. The number of unbranched alkanes of at least 4 members (excludes halogenated alkanes) is 10. The molecule has 7 heteroatoms. The molecule has 0 saturated heterocycles. The second-order valence-electron chi connectivity index (χ2n) is 7.59. The lowest BCUT2D eigenvalue weighted by Crippen LogP contribution is -2.13. The summed E-state index contributed by atoms with van der Waals surface area (Å²) in [5.41, 5.74) is 0. The Morgan fingerprint density at radius 1 is 0.484 bits per heavy atom. The predicted octanol–water partition coefficient (Wildman–Crippen LogP) is 4.67. The van der Waals surface area contributed by atoms with E-state index in [1.54, 1.807) is 0 Å². The maximum atomic E-state index is 10.4. The van der Waals surface area contributed by atoms with E-state index in [1.807, 2.05) is 0 Å². The van der Waals surface area contributed by atoms with E-state index in [0.29, 0.717) is 65.9 Å². The molecule has 0 spiro atoms. The maximum Gasteiger partial charge on any atom is 0.303 e. The summed E-state index contributed by atoms with van der Waals surface area (Å²) in [6, 6.07) is 0. The van der Waals surface area contributed by atoms with Gasteiger partial charge in [0.1, 0.15) is 0 Å². The smallest absolute Gasteiger partial charge is 0.303 e. The van der Waals surface area contributed by atoms with Crippen molar-refractivity contribution in [2.24, 2.45) is 0 Å². The standard InChI is InChI=1S/C24H47O7/c1-2-27-16-17-29-20-21-31-23-22-30-19-18-28-15-13-11-9-7-5-3-4-6-8-10-12-14-24(25)26/h1-23H2,(H,25,26). The van der Waals surface area contributed by atoms with Crippen molar-refractivity contribution in [3.05, 3.63) is 6.92 Å². The van der Waals surface area contributed by atoms with Crippen LogP contribution in [0.15, 0.2) is 0 Å². The van der Waals surface area contributed by atoms with E-state index < -0.39 is 5.97 Å². The summed E-state index contributed by atoms with van der Waals surface area (Å²) < 4.78 is 26.9. The van der Waals surface area contributed by atoms with Crippen LogP contribution < -0.4 is 0 Å². The molecule has 0 rings (SSSR count). The molecule has 1 N–H and O–H groups in total. The zero-order valence-corrected chi connectivity index (χ0v) is 19.7. The van der Waals surface area contributed by atoms with Gasteiger partial charge in [0.25, 0.3) is 0 Å². The maximum absolute atomic E-state index is 10.4. The Morgan fingerprint density at radius 2 is 0.806 bits per heavy atom. The van der Waals surface area contributed by atoms with Gasteiger partial charge in [-0.15, -0.1) is 0 Å². The quantitative estimate of drug-likeness (QED) is 0.183. The van der Waals surface area contributed by atoms with Crippen LogP contribution in [0.5, 0.6) is 0 Å². The van der Waals surface area contributed by atoms with Gasteiger partial charge in [-0.3, -0.25) is 4.79 Å². The first kappa shape index (κ1) is 30.3. The molecule has 0 fully saturated rings. The van der Waals surface area contributed by atoms with Crippen LogP contribution in [0, 0.1) is 6.92 Å². The Kier molecular flexibility index (Phi) is 26.7. The van der Waals surface area contributed by atoms with E-state index in [9.17, 15) is 4.79 Å². The van der Waals surface area contributed by atoms with Crippen molar-refractivity contribution in [1.29, 1.82) is 0 Å². The molecule has 0 unspecified atom stereocenters. The summed E-state index contributed by atoms with van der Waals surface area (Å²) >= 11 is 0. The van der Waals surface area contributed by atoms with Crippen LogP contribution in [0.1, 0.15) is 77.0 Å². The highest BCUT2D eigenvalue weighted by Crippen LogP contribution is 2.12. The molecule has 1 radical (unpaired) electrons. The minimum Gasteiger partial charge on any atom is -0.481 e. The third-order valence-electron chi connectivity index (χ3n) is 4.81. The Balaban J connectivity index is 3.00. The average molecular weight is 448 g/mol. The van der Waals surface area contributed by atoms with Crippen molar-refractivity contribution in [3.63, 3.8) is 0 Å². The number of aliphatic carboxylic acids is 1. The van der Waals surface area contributed by atoms with Crippen molar-refractivity contribution in [2.45, 2.75) is 77.0 Å². The van der Waals surface area contributed by atoms with E-state index >= 15 is 0 Å². The van der Waals surface area contributed by atoms with Gasteiger partial charge in [-0.1, -0.05) is 57.8 Å². The summed E-state index contributed by atoms with van der Waals surface area (Å²) in [6.07, 6.45) is 13.4. The van der Waals surface area contributed by atoms with Gasteiger partial charge in [0.15, 0.2) is 0 Å². The third kappa shape index (κ3) is 29.3. The highest BCUT2D eigenvalue weighted by atomic mass is 16.6. The number of hydrogen-bond acceptors (Lipinski definition) is 6. The van der Waals surface area contributed by atoms with E-state index in [2.05, 4.69) is 6.92 Å². The van der Waals surface area contributed by atoms with Crippen LogP contribution in [0.2, 0.25) is 0 Å². The lowest BCUT2D eigenvalue weighted by Gasteiger charge is -2.07. The number of hydrogen-bond donors (Lipinski definition) is 1. The second-order valence-corrected chi connectivity index (χ2v) is 7.59. The topological polar surface area (TPSA) is 83.5 Å². The molecule has 0 bridgehead atoms. The molecular weight excluding hydrogens is 400 g/mol. The lowest BCUT2D eigenvalue weighted by atomic mass is 10.1. The van der Waals surface area contributed by atoms with Crippen molar-refractivity contribution in [1.82, 2.24) is 0 Å². The predicted molar refractivity (Wildman–Crippen MR) is 122 cm³/mol. The summed E-state index contributed by atoms with van der Waals surface area (Å²) in [5, 5.41) is 8.58. The van der Waals surface area contributed by atoms with Gasteiger partial charge < -0.3 is 28.8 Å². The van der Waals surface area contributed by atoms with E-state index in [1.165, 1.54) is 51.4 Å². The summed E-state index contributed by atoms with van der Waals surface area (Å²) in [7, 11) is 0. The summed E-state index contributed by atoms with van der Waals surface area (Å²) in [6.45, 7) is 9.56. The highest BCUT2D eigenvalue weighted by molar-refractivity contribution is 5.66. The molecule has 0 aliphatic rings. The Hall–Kier alpha value is -0.730. The minimum absolute atomic E-state index is 0.316. The zero-order chi connectivity index (χ0) is 22.7. The molecule has 0 amide bonds. The van der Waals surface area contributed by atoms with Crippen LogP contribution in [-0.2, 0) is 28.5 Å². The summed E-state index contributed by atoms with van der Waals surface area (Å²) in [5.74, 6) is -0.676. The minimum atomic E-state index is -0.676. The monoisotopic (exact) mass is 447 g/mol. The first-order chi connectivity index (χ1) is 15.3. The van der Waals surface area contributed by atoms with Crippen LogP contribution >= 0.6 is 0 Å². The molecule has 7 nitrogen and oxygen atoms in total. The van der Waals surface area contributed by atoms with Crippen molar-refractivity contribution in [3.8, 4) is 0 Å². The molecule has 0 aliphatic heterocycles. The van der Waals surface area contributed by atoms with Gasteiger partial charge in [-0.25, -0.2) is 0 Å². The van der Waals surface area contributed by atoms with E-state index in [4.69, 9.17) is 28.8 Å². The van der Waals surface area contributed by atoms with Crippen LogP contribution in [0.3, 0.4) is 0 Å². The Bertz CT molecular complexity index is 353. The van der Waals surface area contributed by atoms with Crippen molar-refractivity contribution in [2.75, 3.05) is 66.1 Å². The number of rotatable bonds is 27. The molecular formula is C24H47O7. The fourth-order valence-electron chi connectivity index (χ4n) is 3.05. The second kappa shape index (κ2) is 27.3. The van der Waals surface area contributed by atoms with Crippen LogP contribution in [0.25, 0.3) is 0 Å². The van der Waals surface area contributed by atoms with Gasteiger partial charge in [-0.05, 0) is 19.8 Å². The molecule has 31 heavy (non-hydrogen) atoms. The van der Waals surface area contributed by atoms with Gasteiger partial charge in [-0.2, -0.15) is 0 Å². The van der Waals surface area contributed by atoms with Gasteiger partial charge >= 0.3 is 5.97 Å². The van der Waals surface area contributed by atoms with Crippen LogP contribution in [-0.4, -0.2) is 77.1 Å². The number of ether oxygens (including phenoxy) is 5. The lowest BCUT2D eigenvalue weighted by molar-refractivity contribution is -0.137. The number of carboxylic acids is 1. The first-order valence-corrected chi connectivity index (χ1v) is 12.2. The SMILES string of the molecule is [CH2]COCCOCCOCCOCCOCCCCCCCCCCCCCC(=O)O.